The van der Waals surface area contributed by atoms with Crippen molar-refractivity contribution in [2.45, 2.75) is 193 Å². The van der Waals surface area contributed by atoms with Crippen molar-refractivity contribution in [3.63, 3.8) is 0 Å². The fourth-order valence-corrected chi connectivity index (χ4v) is 7.93. The zero-order chi connectivity index (χ0) is 45.2. The fraction of sp³-hybridized carbons (Fsp3) is 0.776. The number of rotatable bonds is 41. The molecule has 0 aliphatic rings. The topological polar surface area (TPSA) is 148 Å². The minimum absolute atomic E-state index is 0.0212. The number of ether oxygens (including phenoxy) is 3. The monoisotopic (exact) mass is 895 g/mol. The number of carbonyl (C=O) groups excluding carboxylic acids is 2. The van der Waals surface area contributed by atoms with Gasteiger partial charge in [-0.25, -0.2) is 9.36 Å². The van der Waals surface area contributed by atoms with E-state index in [-0.39, 0.29) is 37.7 Å². The van der Waals surface area contributed by atoms with Crippen LogP contribution in [-0.4, -0.2) is 81.5 Å². The Balaban J connectivity index is 1.53. The molecule has 2 unspecified atom stereocenters. The Hall–Kier alpha value is -2.76. The molecule has 13 heteroatoms. The molecule has 1 aromatic heterocycles. The van der Waals surface area contributed by atoms with Gasteiger partial charge in [0.1, 0.15) is 31.1 Å². The highest BCUT2D eigenvalue weighted by Crippen LogP contribution is 2.43. The van der Waals surface area contributed by atoms with Crippen LogP contribution in [0.2, 0.25) is 0 Å². The van der Waals surface area contributed by atoms with Gasteiger partial charge in [0.15, 0.2) is 6.10 Å². The number of benzene rings is 1. The van der Waals surface area contributed by atoms with Crippen molar-refractivity contribution in [2.24, 2.45) is 0 Å². The van der Waals surface area contributed by atoms with Crippen LogP contribution in [0.25, 0.3) is 11.0 Å². The number of phosphoric ester groups is 1. The molecule has 0 spiro atoms. The second-order valence-electron chi connectivity index (χ2n) is 18.0. The second-order valence-corrected chi connectivity index (χ2v) is 19.5. The smallest absolute Gasteiger partial charge is 0.472 e. The summed E-state index contributed by atoms with van der Waals surface area (Å²) in [6.45, 7) is 2.76. The molecule has 0 fully saturated rings. The maximum Gasteiger partial charge on any atom is 0.472 e. The minimum atomic E-state index is -4.39. The summed E-state index contributed by atoms with van der Waals surface area (Å²) in [5.41, 5.74) is 0.188. The van der Waals surface area contributed by atoms with Gasteiger partial charge in [-0.2, -0.15) is 0 Å². The normalized spacial score (nSPS) is 13.2. The average molecular weight is 895 g/mol. The molecule has 2 rings (SSSR count). The van der Waals surface area contributed by atoms with Crippen LogP contribution in [0.5, 0.6) is 5.75 Å². The van der Waals surface area contributed by atoms with E-state index in [4.69, 9.17) is 27.7 Å². The summed E-state index contributed by atoms with van der Waals surface area (Å²) in [7, 11) is 1.44. The average Bonchev–Trinajstić information content (AvgIpc) is 3.22. The van der Waals surface area contributed by atoms with Crippen molar-refractivity contribution in [3.8, 4) is 5.75 Å². The molecular weight excluding hydrogens is 810 g/mol. The number of unbranched alkanes of at least 4 members (excludes halogenated alkanes) is 24. The summed E-state index contributed by atoms with van der Waals surface area (Å²) in [5.74, 6) is -0.100. The molecule has 0 radical (unpaired) electrons. The first kappa shape index (κ1) is 55.4. The van der Waals surface area contributed by atoms with E-state index in [1.807, 2.05) is 33.3 Å². The molecule has 0 bridgehead atoms. The van der Waals surface area contributed by atoms with Crippen LogP contribution in [0.1, 0.15) is 187 Å². The van der Waals surface area contributed by atoms with Gasteiger partial charge in [0.2, 0.25) is 0 Å². The Bertz CT molecular complexity index is 1560. The summed E-state index contributed by atoms with van der Waals surface area (Å²) in [6.07, 6.45) is 29.8. The number of carbonyl (C=O) groups is 2. The van der Waals surface area contributed by atoms with Gasteiger partial charge >= 0.3 is 25.4 Å². The van der Waals surface area contributed by atoms with Gasteiger partial charge in [0.25, 0.3) is 0 Å². The number of likely N-dealkylation sites (N-methyl/N-ethyl adjacent to an activating group) is 1. The second kappa shape index (κ2) is 34.6. The lowest BCUT2D eigenvalue weighted by Gasteiger charge is -2.24. The molecule has 0 aliphatic carbocycles. The number of hydrogen-bond acceptors (Lipinski definition) is 10. The van der Waals surface area contributed by atoms with Gasteiger partial charge in [-0.1, -0.05) is 155 Å². The predicted molar refractivity (Wildman–Crippen MR) is 248 cm³/mol. The van der Waals surface area contributed by atoms with E-state index >= 15 is 0 Å². The quantitative estimate of drug-likeness (QED) is 0.0223. The van der Waals surface area contributed by atoms with Gasteiger partial charge < -0.3 is 28.0 Å². The van der Waals surface area contributed by atoms with E-state index in [9.17, 15) is 23.8 Å². The van der Waals surface area contributed by atoms with E-state index < -0.39 is 26.5 Å². The Morgan fingerprint density at radius 1 is 0.629 bits per heavy atom. The van der Waals surface area contributed by atoms with Crippen LogP contribution >= 0.6 is 7.82 Å². The molecule has 0 aliphatic heterocycles. The summed E-state index contributed by atoms with van der Waals surface area (Å²) < 4.78 is 45.5. The van der Waals surface area contributed by atoms with Crippen LogP contribution in [0.4, 0.5) is 0 Å². The molecule has 1 N–H and O–H groups in total. The van der Waals surface area contributed by atoms with Gasteiger partial charge in [-0.05, 0) is 37.5 Å². The summed E-state index contributed by atoms with van der Waals surface area (Å²) in [5, 5.41) is 0.881. The summed E-state index contributed by atoms with van der Waals surface area (Å²) >= 11 is 0. The SMILES string of the molecule is CCCCCCCCCCCCCCCC(=O)OCC(COP(=O)(O)OCC[N+](C)(C)C)OC(=O)CCCCCCCCCCCCCCCOc1ccc2ccc(=O)oc2c1. The van der Waals surface area contributed by atoms with E-state index in [1.54, 1.807) is 12.1 Å². The van der Waals surface area contributed by atoms with E-state index in [1.165, 1.54) is 115 Å². The van der Waals surface area contributed by atoms with Gasteiger partial charge in [0.05, 0.1) is 34.4 Å². The van der Waals surface area contributed by atoms with Crippen LogP contribution in [0, 0.1) is 0 Å². The third-order valence-electron chi connectivity index (χ3n) is 11.0. The molecule has 0 saturated carbocycles. The number of nitrogens with zero attached hydrogens (tertiary/aromatic N) is 1. The van der Waals surface area contributed by atoms with Gasteiger partial charge in [-0.15, -0.1) is 0 Å². The maximum absolute atomic E-state index is 12.8. The molecule has 0 amide bonds. The van der Waals surface area contributed by atoms with Crippen molar-refractivity contribution in [3.05, 3.63) is 40.8 Å². The number of quaternary nitrogens is 1. The number of esters is 2. The van der Waals surface area contributed by atoms with Crippen molar-refractivity contribution in [1.29, 1.82) is 0 Å². The molecule has 62 heavy (non-hydrogen) atoms. The molecule has 0 saturated heterocycles. The van der Waals surface area contributed by atoms with Gasteiger partial charge in [0, 0.05) is 30.4 Å². The molecule has 12 nitrogen and oxygen atoms in total. The molecule has 2 atom stereocenters. The maximum atomic E-state index is 12.8. The minimum Gasteiger partial charge on any atom is -0.493 e. The molecule has 356 valence electrons. The van der Waals surface area contributed by atoms with Crippen molar-refractivity contribution in [2.75, 3.05) is 54.1 Å². The highest BCUT2D eigenvalue weighted by atomic mass is 31.2. The van der Waals surface area contributed by atoms with E-state index in [0.717, 1.165) is 62.5 Å². The number of fused-ring (bicyclic) bond motifs is 1. The predicted octanol–water partition coefficient (Wildman–Crippen LogP) is 12.4. The number of hydrogen-bond donors (Lipinski definition) is 1. The van der Waals surface area contributed by atoms with Gasteiger partial charge in [-0.3, -0.25) is 18.6 Å². The van der Waals surface area contributed by atoms with Crippen LogP contribution < -0.4 is 10.4 Å². The Kier molecular flexibility index (Phi) is 30.9. The Morgan fingerprint density at radius 2 is 1.11 bits per heavy atom. The summed E-state index contributed by atoms with van der Waals surface area (Å²) in [4.78, 5) is 46.9. The summed E-state index contributed by atoms with van der Waals surface area (Å²) in [6, 6.07) is 8.76. The fourth-order valence-electron chi connectivity index (χ4n) is 7.19. The zero-order valence-electron chi connectivity index (χ0n) is 39.2. The van der Waals surface area contributed by atoms with Crippen molar-refractivity contribution >= 4 is 30.7 Å². The lowest BCUT2D eigenvalue weighted by atomic mass is 10.0. The van der Waals surface area contributed by atoms with Crippen LogP contribution in [0.3, 0.4) is 0 Å². The standard InChI is InChI=1S/C49H84NO11P/c1-5-6-7-8-9-10-11-13-16-19-22-25-28-31-47(51)57-41-45(42-59-62(54,55)58-39-37-50(2,3)4)60-48(52)32-29-26-23-20-17-14-12-15-18-21-24-27-30-38-56-44-35-33-43-34-36-49(53)61-46(43)40-44/h33-36,40,45H,5-32,37-39,41-42H2,1-4H3/p+1. The highest BCUT2D eigenvalue weighted by Gasteiger charge is 2.27. The zero-order valence-corrected chi connectivity index (χ0v) is 40.1. The molecule has 1 aromatic carbocycles. The first-order valence-electron chi connectivity index (χ1n) is 24.3. The molecule has 2 aromatic rings. The van der Waals surface area contributed by atoms with Crippen LogP contribution in [-0.2, 0) is 32.7 Å². The largest absolute Gasteiger partial charge is 0.493 e. The third-order valence-corrected chi connectivity index (χ3v) is 12.0. The van der Waals surface area contributed by atoms with Crippen molar-refractivity contribution < 1.29 is 51.2 Å². The first-order chi connectivity index (χ1) is 29.9. The van der Waals surface area contributed by atoms with E-state index in [2.05, 4.69) is 6.92 Å². The number of phosphoric acid groups is 1. The Labute approximate surface area is 374 Å². The molecular formula is C49H85NO11P+. The molecule has 1 heterocycles. The lowest BCUT2D eigenvalue weighted by Crippen LogP contribution is -2.37. The van der Waals surface area contributed by atoms with Crippen molar-refractivity contribution in [1.82, 2.24) is 0 Å². The Morgan fingerprint density at radius 3 is 1.65 bits per heavy atom. The highest BCUT2D eigenvalue weighted by molar-refractivity contribution is 7.47. The van der Waals surface area contributed by atoms with Crippen LogP contribution in [0.15, 0.2) is 39.5 Å². The van der Waals surface area contributed by atoms with E-state index in [0.29, 0.717) is 29.6 Å². The lowest BCUT2D eigenvalue weighted by molar-refractivity contribution is -0.870. The third kappa shape index (κ3) is 31.1. The first-order valence-corrected chi connectivity index (χ1v) is 25.8.